The number of carbonyl (C=O) groups is 1. The lowest BCUT2D eigenvalue weighted by molar-refractivity contribution is -0.0901. The van der Waals surface area contributed by atoms with Crippen LogP contribution < -0.4 is 10.1 Å². The maximum atomic E-state index is 12.9. The third-order valence-electron chi connectivity index (χ3n) is 4.30. The number of alkyl halides is 2. The quantitative estimate of drug-likeness (QED) is 0.902. The van der Waals surface area contributed by atoms with E-state index in [1.54, 1.807) is 18.6 Å². The number of nitrogens with one attached hydrogen (secondary N) is 1. The predicted octanol–water partition coefficient (Wildman–Crippen LogP) is 3.12. The molecule has 4 rings (SSSR count). The normalized spacial score (nSPS) is 18.6. The molecule has 126 valence electrons. The number of halogens is 3. The van der Waals surface area contributed by atoms with E-state index in [0.717, 1.165) is 5.69 Å². The van der Waals surface area contributed by atoms with Gasteiger partial charge in [-0.3, -0.25) is 4.79 Å². The highest BCUT2D eigenvalue weighted by molar-refractivity contribution is 6.33. The first-order chi connectivity index (χ1) is 11.4. The minimum Gasteiger partial charge on any atom is -0.489 e. The van der Waals surface area contributed by atoms with Crippen LogP contribution in [0.4, 0.5) is 8.78 Å². The van der Waals surface area contributed by atoms with Crippen molar-refractivity contribution in [2.75, 3.05) is 6.61 Å². The van der Waals surface area contributed by atoms with Gasteiger partial charge in [-0.2, -0.15) is 0 Å². The van der Waals surface area contributed by atoms with Gasteiger partial charge in [0.25, 0.3) is 11.8 Å². The molecule has 2 aliphatic rings. The first-order valence-electron chi connectivity index (χ1n) is 7.58. The molecule has 1 amide bonds. The van der Waals surface area contributed by atoms with Gasteiger partial charge in [0.15, 0.2) is 0 Å². The van der Waals surface area contributed by atoms with Crippen LogP contribution in [-0.4, -0.2) is 34.0 Å². The molecule has 8 heteroatoms. The first kappa shape index (κ1) is 15.4. The van der Waals surface area contributed by atoms with Crippen LogP contribution in [0, 0.1) is 0 Å². The number of imidazole rings is 1. The monoisotopic (exact) mass is 353 g/mol. The third kappa shape index (κ3) is 2.62. The van der Waals surface area contributed by atoms with Crippen molar-refractivity contribution in [3.63, 3.8) is 0 Å². The van der Waals surface area contributed by atoms with Crippen molar-refractivity contribution in [2.24, 2.45) is 0 Å². The van der Waals surface area contributed by atoms with Crippen molar-refractivity contribution < 1.29 is 18.3 Å². The Kier molecular flexibility index (Phi) is 3.49. The number of hydrogen-bond donors (Lipinski definition) is 1. The molecule has 0 spiro atoms. The molecule has 1 N–H and O–H groups in total. The predicted molar refractivity (Wildman–Crippen MR) is 83.6 cm³/mol. The molecule has 2 heterocycles. The highest BCUT2D eigenvalue weighted by atomic mass is 35.5. The Hall–Kier alpha value is -2.15. The number of benzene rings is 1. The van der Waals surface area contributed by atoms with Crippen LogP contribution in [0.1, 0.15) is 23.2 Å². The summed E-state index contributed by atoms with van der Waals surface area (Å²) in [5.74, 6) is -2.60. The lowest BCUT2D eigenvalue weighted by Gasteiger charge is -2.35. The van der Waals surface area contributed by atoms with Crippen LogP contribution in [0.25, 0.3) is 11.3 Å². The third-order valence-corrected chi connectivity index (χ3v) is 4.58. The Morgan fingerprint density at radius 2 is 2.21 bits per heavy atom. The van der Waals surface area contributed by atoms with Gasteiger partial charge in [-0.15, -0.1) is 0 Å². The number of rotatable bonds is 2. The number of ether oxygens (including phenoxy) is 1. The Bertz CT molecular complexity index is 814. The van der Waals surface area contributed by atoms with Crippen molar-refractivity contribution in [2.45, 2.75) is 31.4 Å². The van der Waals surface area contributed by atoms with Crippen molar-refractivity contribution in [1.82, 2.24) is 14.9 Å². The summed E-state index contributed by atoms with van der Waals surface area (Å²) in [5.41, 5.74) is 1.78. The molecule has 2 aromatic rings. The van der Waals surface area contributed by atoms with Crippen LogP contribution >= 0.6 is 11.6 Å². The Morgan fingerprint density at radius 3 is 2.96 bits per heavy atom. The second kappa shape index (κ2) is 5.44. The topological polar surface area (TPSA) is 56.2 Å². The van der Waals surface area contributed by atoms with Gasteiger partial charge in [0, 0.05) is 30.0 Å². The SMILES string of the molecule is O=C(NC1CC(F)(F)C1)c1cc(Cl)c2c(c1)-c1cncn1CCO2. The van der Waals surface area contributed by atoms with E-state index in [9.17, 15) is 13.6 Å². The molecule has 0 saturated heterocycles. The molecule has 5 nitrogen and oxygen atoms in total. The van der Waals surface area contributed by atoms with Gasteiger partial charge in [0.1, 0.15) is 12.4 Å². The van der Waals surface area contributed by atoms with Crippen LogP contribution in [0.3, 0.4) is 0 Å². The number of aromatic nitrogens is 2. The molecule has 1 aliphatic carbocycles. The lowest BCUT2D eigenvalue weighted by Crippen LogP contribution is -2.50. The van der Waals surface area contributed by atoms with E-state index < -0.39 is 17.9 Å². The number of fused-ring (bicyclic) bond motifs is 3. The van der Waals surface area contributed by atoms with Gasteiger partial charge in [0.05, 0.1) is 29.8 Å². The van der Waals surface area contributed by atoms with Gasteiger partial charge < -0.3 is 14.6 Å². The van der Waals surface area contributed by atoms with E-state index in [1.165, 1.54) is 6.07 Å². The number of nitrogens with zero attached hydrogens (tertiary/aromatic N) is 2. The molecule has 0 bridgehead atoms. The van der Waals surface area contributed by atoms with Gasteiger partial charge in [0.2, 0.25) is 0 Å². The molecule has 24 heavy (non-hydrogen) atoms. The van der Waals surface area contributed by atoms with Crippen molar-refractivity contribution in [3.05, 3.63) is 35.2 Å². The molecule has 0 atom stereocenters. The summed E-state index contributed by atoms with van der Waals surface area (Å²) in [6.07, 6.45) is 2.71. The standard InChI is InChI=1S/C16H14ClF2N3O2/c17-12-4-9(15(23)21-10-5-16(18,19)6-10)3-11-13-7-20-8-22(13)1-2-24-14(11)12/h3-4,7-8,10H,1-2,5-6H2,(H,21,23). The molecule has 1 fully saturated rings. The number of carbonyl (C=O) groups excluding carboxylic acids is 1. The minimum absolute atomic E-state index is 0.311. The minimum atomic E-state index is -2.68. The fraction of sp³-hybridized carbons (Fsp3) is 0.375. The maximum Gasteiger partial charge on any atom is 0.252 e. The van der Waals surface area contributed by atoms with Gasteiger partial charge in [-0.25, -0.2) is 13.8 Å². The summed E-state index contributed by atoms with van der Waals surface area (Å²) in [7, 11) is 0. The second-order valence-electron chi connectivity index (χ2n) is 6.09. The molecule has 0 radical (unpaired) electrons. The molecule has 1 aromatic carbocycles. The molecule has 1 aliphatic heterocycles. The van der Waals surface area contributed by atoms with E-state index in [0.29, 0.717) is 35.1 Å². The Labute approximate surface area is 141 Å². The van der Waals surface area contributed by atoms with Crippen LogP contribution in [0.5, 0.6) is 5.75 Å². The summed E-state index contributed by atoms with van der Waals surface area (Å²) >= 11 is 6.27. The molecule has 1 saturated carbocycles. The second-order valence-corrected chi connectivity index (χ2v) is 6.50. The van der Waals surface area contributed by atoms with Crippen molar-refractivity contribution in [1.29, 1.82) is 0 Å². The average Bonchev–Trinajstić information content (AvgIpc) is 2.88. The fourth-order valence-corrected chi connectivity index (χ4v) is 3.34. The summed E-state index contributed by atoms with van der Waals surface area (Å²) in [6, 6.07) is 2.65. The molecular weight excluding hydrogens is 340 g/mol. The lowest BCUT2D eigenvalue weighted by atomic mass is 9.88. The van der Waals surface area contributed by atoms with Gasteiger partial charge >= 0.3 is 0 Å². The van der Waals surface area contributed by atoms with Gasteiger partial charge in [-0.1, -0.05) is 11.6 Å². The fourth-order valence-electron chi connectivity index (χ4n) is 3.06. The van der Waals surface area contributed by atoms with Crippen LogP contribution in [0.15, 0.2) is 24.7 Å². The van der Waals surface area contributed by atoms with Crippen molar-refractivity contribution in [3.8, 4) is 17.0 Å². The zero-order valence-corrected chi connectivity index (χ0v) is 13.3. The van der Waals surface area contributed by atoms with Crippen LogP contribution in [-0.2, 0) is 6.54 Å². The molecular formula is C16H14ClF2N3O2. The smallest absolute Gasteiger partial charge is 0.252 e. The van der Waals surface area contributed by atoms with E-state index in [1.807, 2.05) is 4.57 Å². The summed E-state index contributed by atoms with van der Waals surface area (Å²) in [6.45, 7) is 1.07. The van der Waals surface area contributed by atoms with Gasteiger partial charge in [-0.05, 0) is 12.1 Å². The molecule has 1 aromatic heterocycles. The Morgan fingerprint density at radius 1 is 1.42 bits per heavy atom. The maximum absolute atomic E-state index is 12.9. The summed E-state index contributed by atoms with van der Waals surface area (Å²) in [5, 5.41) is 2.93. The van der Waals surface area contributed by atoms with E-state index >= 15 is 0 Å². The summed E-state index contributed by atoms with van der Waals surface area (Å²) in [4.78, 5) is 16.5. The van der Waals surface area contributed by atoms with E-state index in [2.05, 4.69) is 10.3 Å². The summed E-state index contributed by atoms with van der Waals surface area (Å²) < 4.78 is 33.4. The zero-order valence-electron chi connectivity index (χ0n) is 12.6. The highest BCUT2D eigenvalue weighted by Gasteiger charge is 2.46. The van der Waals surface area contributed by atoms with E-state index in [-0.39, 0.29) is 12.8 Å². The highest BCUT2D eigenvalue weighted by Crippen LogP contribution is 2.40. The number of hydrogen-bond acceptors (Lipinski definition) is 3. The first-order valence-corrected chi connectivity index (χ1v) is 7.96. The molecule has 0 unspecified atom stereocenters. The zero-order chi connectivity index (χ0) is 16.9. The van der Waals surface area contributed by atoms with Crippen molar-refractivity contribution >= 4 is 17.5 Å². The Balaban J connectivity index is 1.65. The number of amides is 1. The largest absolute Gasteiger partial charge is 0.489 e. The average molecular weight is 354 g/mol. The van der Waals surface area contributed by atoms with E-state index in [4.69, 9.17) is 16.3 Å². The van der Waals surface area contributed by atoms with Crippen LogP contribution in [0.2, 0.25) is 5.02 Å².